The fourth-order valence-corrected chi connectivity index (χ4v) is 8.36. The number of halogens is 4. The van der Waals surface area contributed by atoms with Crippen LogP contribution in [0.1, 0.15) is 30.2 Å². The second-order valence-electron chi connectivity index (χ2n) is 10.00. The van der Waals surface area contributed by atoms with Gasteiger partial charge in [0.1, 0.15) is 32.4 Å². The van der Waals surface area contributed by atoms with Crippen molar-refractivity contribution < 1.29 is 43.9 Å². The predicted octanol–water partition coefficient (Wildman–Crippen LogP) is 4.33. The van der Waals surface area contributed by atoms with Gasteiger partial charge in [-0.25, -0.2) is 25.9 Å². The van der Waals surface area contributed by atoms with E-state index in [1.807, 2.05) is 0 Å². The molecule has 1 fully saturated rings. The van der Waals surface area contributed by atoms with Crippen molar-refractivity contribution in [3.63, 3.8) is 0 Å². The number of benzene rings is 2. The Morgan fingerprint density at radius 1 is 1.18 bits per heavy atom. The highest BCUT2D eigenvalue weighted by atomic mass is 32.2. The minimum absolute atomic E-state index is 0.0230. The molecule has 0 radical (unpaired) electrons. The Bertz CT molecular complexity index is 1930. The van der Waals surface area contributed by atoms with Gasteiger partial charge in [0.25, 0.3) is 10.0 Å². The van der Waals surface area contributed by atoms with E-state index in [4.69, 9.17) is 10.00 Å². The van der Waals surface area contributed by atoms with Crippen molar-refractivity contribution >= 4 is 58.6 Å². The number of fused-ring (bicyclic) bond motifs is 1. The zero-order valence-electron chi connectivity index (χ0n) is 23.5. The number of rotatable bonds is 9. The van der Waals surface area contributed by atoms with Gasteiger partial charge in [-0.05, 0) is 29.9 Å². The largest absolute Gasteiger partial charge is 0.477 e. The van der Waals surface area contributed by atoms with Gasteiger partial charge in [-0.3, -0.25) is 4.79 Å². The maximum Gasteiger partial charge on any atom is 0.393 e. The molecule has 1 saturated heterocycles. The van der Waals surface area contributed by atoms with Gasteiger partial charge >= 0.3 is 6.18 Å². The number of sulfonamides is 1. The molecular weight excluding hydrogens is 661 g/mol. The molecule has 45 heavy (non-hydrogen) atoms. The molecule has 2 heterocycles. The number of carbonyl (C=O) groups is 1. The Hall–Kier alpha value is -4.06. The molecule has 0 aliphatic carbocycles. The van der Waals surface area contributed by atoms with Crippen LogP contribution >= 0.6 is 11.3 Å². The normalized spacial score (nSPS) is 15.0. The zero-order valence-corrected chi connectivity index (χ0v) is 26.0. The Balaban J connectivity index is 1.62. The first-order chi connectivity index (χ1) is 21.1. The van der Waals surface area contributed by atoms with E-state index in [0.29, 0.717) is 28.6 Å². The Morgan fingerprint density at radius 3 is 2.53 bits per heavy atom. The van der Waals surface area contributed by atoms with E-state index in [2.05, 4.69) is 22.5 Å². The number of amides is 1. The second kappa shape index (κ2) is 13.5. The number of ether oxygens (including phenoxy) is 1. The van der Waals surface area contributed by atoms with Crippen LogP contribution in [0, 0.1) is 29.0 Å². The highest BCUT2D eigenvalue weighted by molar-refractivity contribution is 7.91. The molecule has 17 heteroatoms. The quantitative estimate of drug-likeness (QED) is 0.221. The van der Waals surface area contributed by atoms with Crippen molar-refractivity contribution in [2.24, 2.45) is 0 Å². The van der Waals surface area contributed by atoms with E-state index in [1.165, 1.54) is 0 Å². The highest BCUT2D eigenvalue weighted by Gasteiger charge is 2.31. The van der Waals surface area contributed by atoms with Gasteiger partial charge in [0.05, 0.1) is 45.4 Å². The molecule has 10 nitrogen and oxygen atoms in total. The second-order valence-corrected chi connectivity index (χ2v) is 15.0. The SMILES string of the molecule is CC(=O)NS(=O)(=O)c1cc(OCC#N)c(NCC#Cc2sc3c(NC4CCS(=O)(=O)CC4)cccc3c2CC(F)(F)F)cc1F. The summed E-state index contributed by atoms with van der Waals surface area (Å²) in [5, 5.41) is 15.2. The summed E-state index contributed by atoms with van der Waals surface area (Å²) >= 11 is 1.05. The van der Waals surface area contributed by atoms with Gasteiger partial charge < -0.3 is 15.4 Å². The first kappa shape index (κ1) is 33.8. The van der Waals surface area contributed by atoms with E-state index < -0.39 is 55.7 Å². The summed E-state index contributed by atoms with van der Waals surface area (Å²) < 4.78 is 111. The van der Waals surface area contributed by atoms with Crippen LogP contribution in [0.5, 0.6) is 5.75 Å². The number of anilines is 2. The van der Waals surface area contributed by atoms with Crippen LogP contribution < -0.4 is 20.1 Å². The number of nitrogens with one attached hydrogen (secondary N) is 3. The van der Waals surface area contributed by atoms with Crippen molar-refractivity contribution in [2.45, 2.75) is 43.3 Å². The summed E-state index contributed by atoms with van der Waals surface area (Å²) in [5.74, 6) is 3.05. The summed E-state index contributed by atoms with van der Waals surface area (Å²) in [6, 6.07) is 7.98. The lowest BCUT2D eigenvalue weighted by atomic mass is 10.1. The van der Waals surface area contributed by atoms with Gasteiger partial charge in [-0.15, -0.1) is 11.3 Å². The lowest BCUT2D eigenvalue weighted by Crippen LogP contribution is -2.32. The molecule has 1 aliphatic heterocycles. The highest BCUT2D eigenvalue weighted by Crippen LogP contribution is 2.39. The Morgan fingerprint density at radius 2 is 1.89 bits per heavy atom. The molecule has 0 spiro atoms. The summed E-state index contributed by atoms with van der Waals surface area (Å²) in [6.45, 7) is 0.166. The first-order valence-electron chi connectivity index (χ1n) is 13.3. The van der Waals surface area contributed by atoms with Crippen LogP contribution in [0.2, 0.25) is 0 Å². The number of alkyl halides is 3. The minimum atomic E-state index is -4.58. The lowest BCUT2D eigenvalue weighted by Gasteiger charge is -2.24. The third-order valence-electron chi connectivity index (χ3n) is 6.57. The van der Waals surface area contributed by atoms with Crippen molar-refractivity contribution in [3.05, 3.63) is 46.6 Å². The van der Waals surface area contributed by atoms with Crippen LogP contribution in [0.15, 0.2) is 35.2 Å². The van der Waals surface area contributed by atoms with Crippen molar-refractivity contribution in [1.82, 2.24) is 4.72 Å². The standard InChI is InChI=1S/C28H26F4N4O6S3/c1-17(37)36-45(40,41)26-15-24(42-11-9-33)23(14-21(26)29)34-10-3-6-25-20(16-28(30,31)32)19-4-2-5-22(27(19)43-25)35-18-7-12-44(38,39)13-8-18/h2,4-5,14-15,18,34-35H,7-8,10-13,16H2,1H3,(H,36,37). The Labute approximate surface area is 260 Å². The fraction of sp³-hybridized carbons (Fsp3) is 0.357. The van der Waals surface area contributed by atoms with Crippen LogP contribution in [-0.2, 0) is 31.1 Å². The molecule has 0 atom stereocenters. The van der Waals surface area contributed by atoms with E-state index in [0.717, 1.165) is 30.4 Å². The average Bonchev–Trinajstić information content (AvgIpc) is 3.27. The summed E-state index contributed by atoms with van der Waals surface area (Å²) in [6.07, 6.45) is -5.03. The van der Waals surface area contributed by atoms with Crippen LogP contribution in [-0.4, -0.2) is 59.6 Å². The molecule has 0 bridgehead atoms. The van der Waals surface area contributed by atoms with Crippen molar-refractivity contribution in [1.29, 1.82) is 5.26 Å². The van der Waals surface area contributed by atoms with Gasteiger partial charge in [-0.1, -0.05) is 24.0 Å². The molecule has 1 aliphatic rings. The molecule has 4 rings (SSSR count). The summed E-state index contributed by atoms with van der Waals surface area (Å²) in [7, 11) is -7.68. The van der Waals surface area contributed by atoms with E-state index in [1.54, 1.807) is 29.0 Å². The average molecular weight is 687 g/mol. The van der Waals surface area contributed by atoms with Gasteiger partial charge in [0.2, 0.25) is 5.91 Å². The first-order valence-corrected chi connectivity index (χ1v) is 17.4. The number of hydrogen-bond donors (Lipinski definition) is 3. The number of hydrogen-bond acceptors (Lipinski definition) is 10. The predicted molar refractivity (Wildman–Crippen MR) is 161 cm³/mol. The topological polar surface area (TPSA) is 154 Å². The zero-order chi connectivity index (χ0) is 33.0. The number of sulfone groups is 1. The summed E-state index contributed by atoms with van der Waals surface area (Å²) in [5.41, 5.74) is 0.452. The number of nitriles is 1. The number of carbonyl (C=O) groups excluding carboxylic acids is 1. The molecule has 0 unspecified atom stereocenters. The van der Waals surface area contributed by atoms with Crippen molar-refractivity contribution in [2.75, 3.05) is 35.3 Å². The molecule has 3 N–H and O–H groups in total. The maximum absolute atomic E-state index is 14.8. The maximum atomic E-state index is 14.8. The minimum Gasteiger partial charge on any atom is -0.477 e. The Kier molecular flexibility index (Phi) is 10.2. The number of nitrogens with zero attached hydrogens (tertiary/aromatic N) is 1. The molecule has 3 aromatic rings. The van der Waals surface area contributed by atoms with Crippen LogP contribution in [0.25, 0.3) is 10.1 Å². The lowest BCUT2D eigenvalue weighted by molar-refractivity contribution is -0.127. The summed E-state index contributed by atoms with van der Waals surface area (Å²) in [4.78, 5) is 10.5. The van der Waals surface area contributed by atoms with Gasteiger partial charge in [-0.2, -0.15) is 18.4 Å². The van der Waals surface area contributed by atoms with Gasteiger partial charge in [0, 0.05) is 25.1 Å². The van der Waals surface area contributed by atoms with Crippen molar-refractivity contribution in [3.8, 4) is 23.7 Å². The number of thiophene rings is 1. The van der Waals surface area contributed by atoms with E-state index >= 15 is 0 Å². The third kappa shape index (κ3) is 8.78. The monoisotopic (exact) mass is 686 g/mol. The molecule has 0 saturated carbocycles. The van der Waals surface area contributed by atoms with E-state index in [-0.39, 0.29) is 46.0 Å². The smallest absolute Gasteiger partial charge is 0.393 e. The van der Waals surface area contributed by atoms with Gasteiger partial charge in [0.15, 0.2) is 6.61 Å². The molecule has 1 aromatic heterocycles. The fourth-order valence-electron chi connectivity index (χ4n) is 4.63. The molecular formula is C28H26F4N4O6S3. The molecule has 1 amide bonds. The van der Waals surface area contributed by atoms with E-state index in [9.17, 15) is 39.2 Å². The molecule has 240 valence electrons. The van der Waals surface area contributed by atoms with Crippen LogP contribution in [0.4, 0.5) is 28.9 Å². The molecule has 2 aromatic carbocycles. The third-order valence-corrected chi connectivity index (χ3v) is 10.9. The van der Waals surface area contributed by atoms with Crippen LogP contribution in [0.3, 0.4) is 0 Å².